The van der Waals surface area contributed by atoms with E-state index in [2.05, 4.69) is 15.5 Å². The summed E-state index contributed by atoms with van der Waals surface area (Å²) in [6.45, 7) is 4.56. The molecule has 1 N–H and O–H groups in total. The van der Waals surface area contributed by atoms with E-state index < -0.39 is 15.6 Å². The van der Waals surface area contributed by atoms with E-state index in [1.54, 1.807) is 26.0 Å². The van der Waals surface area contributed by atoms with Crippen LogP contribution in [0.2, 0.25) is 0 Å². The molecule has 1 aliphatic heterocycles. The summed E-state index contributed by atoms with van der Waals surface area (Å²) in [5.74, 6) is 0.645. The molecule has 2 fully saturated rings. The van der Waals surface area contributed by atoms with Gasteiger partial charge in [0, 0.05) is 25.6 Å². The molecule has 174 valence electrons. The molecule has 1 amide bonds. The summed E-state index contributed by atoms with van der Waals surface area (Å²) in [5, 5.41) is 7.29. The SMILES string of the molecule is Cc1nc(C2(NC(=O)c3ccc(C)c(S(=O)(=O)N4CCCCC4)c3)CCCCCC2)no1. The minimum Gasteiger partial charge on any atom is -0.340 e. The maximum Gasteiger partial charge on any atom is 0.252 e. The molecular formula is C23H32N4O4S. The van der Waals surface area contributed by atoms with Crippen LogP contribution in [0, 0.1) is 13.8 Å². The maximum atomic E-state index is 13.4. The van der Waals surface area contributed by atoms with Gasteiger partial charge in [0.25, 0.3) is 5.91 Å². The van der Waals surface area contributed by atoms with E-state index in [4.69, 9.17) is 4.52 Å². The second-order valence-electron chi connectivity index (χ2n) is 9.03. The van der Waals surface area contributed by atoms with Crippen molar-refractivity contribution in [1.29, 1.82) is 0 Å². The Bertz CT molecular complexity index is 1070. The Morgan fingerprint density at radius 2 is 1.69 bits per heavy atom. The highest BCUT2D eigenvalue weighted by Crippen LogP contribution is 2.35. The molecule has 0 spiro atoms. The highest BCUT2D eigenvalue weighted by molar-refractivity contribution is 7.89. The summed E-state index contributed by atoms with van der Waals surface area (Å²) in [6, 6.07) is 4.91. The number of nitrogens with zero attached hydrogens (tertiary/aromatic N) is 3. The van der Waals surface area contributed by atoms with Crippen molar-refractivity contribution in [2.24, 2.45) is 0 Å². The number of aromatic nitrogens is 2. The molecule has 0 bridgehead atoms. The van der Waals surface area contributed by atoms with Gasteiger partial charge in [-0.3, -0.25) is 4.79 Å². The number of hydrogen-bond donors (Lipinski definition) is 1. The number of aryl methyl sites for hydroxylation is 2. The molecule has 2 aliphatic rings. The van der Waals surface area contributed by atoms with Crippen molar-refractivity contribution in [2.75, 3.05) is 13.1 Å². The third-order valence-corrected chi connectivity index (χ3v) is 8.69. The molecule has 0 unspecified atom stereocenters. The topological polar surface area (TPSA) is 105 Å². The van der Waals surface area contributed by atoms with Gasteiger partial charge >= 0.3 is 0 Å². The second-order valence-corrected chi connectivity index (χ2v) is 10.9. The van der Waals surface area contributed by atoms with Gasteiger partial charge in [-0.05, 0) is 50.3 Å². The summed E-state index contributed by atoms with van der Waals surface area (Å²) in [5.41, 5.74) is 0.266. The summed E-state index contributed by atoms with van der Waals surface area (Å²) < 4.78 is 33.3. The Morgan fingerprint density at radius 1 is 1.03 bits per heavy atom. The van der Waals surface area contributed by atoms with E-state index in [-0.39, 0.29) is 10.8 Å². The minimum absolute atomic E-state index is 0.206. The molecule has 1 aliphatic carbocycles. The number of hydrogen-bond acceptors (Lipinski definition) is 6. The van der Waals surface area contributed by atoms with E-state index >= 15 is 0 Å². The molecule has 1 aromatic heterocycles. The lowest BCUT2D eigenvalue weighted by Crippen LogP contribution is -2.46. The number of amides is 1. The Balaban J connectivity index is 1.64. The van der Waals surface area contributed by atoms with E-state index in [0.29, 0.717) is 35.9 Å². The smallest absolute Gasteiger partial charge is 0.252 e. The largest absolute Gasteiger partial charge is 0.340 e. The minimum atomic E-state index is -3.64. The second kappa shape index (κ2) is 9.31. The van der Waals surface area contributed by atoms with E-state index in [9.17, 15) is 13.2 Å². The van der Waals surface area contributed by atoms with Crippen molar-refractivity contribution in [3.8, 4) is 0 Å². The zero-order valence-electron chi connectivity index (χ0n) is 18.9. The summed E-state index contributed by atoms with van der Waals surface area (Å²) in [4.78, 5) is 18.0. The normalized spacial score (nSPS) is 19.9. The molecule has 4 rings (SSSR count). The van der Waals surface area contributed by atoms with Crippen LogP contribution in [0.3, 0.4) is 0 Å². The van der Waals surface area contributed by atoms with E-state index in [1.165, 1.54) is 10.4 Å². The number of benzene rings is 1. The van der Waals surface area contributed by atoms with E-state index in [0.717, 1.165) is 57.8 Å². The van der Waals surface area contributed by atoms with E-state index in [1.807, 2.05) is 0 Å². The molecule has 0 atom stereocenters. The molecule has 2 heterocycles. The fraction of sp³-hybridized carbons (Fsp3) is 0.609. The van der Waals surface area contributed by atoms with Crippen molar-refractivity contribution >= 4 is 15.9 Å². The molecule has 9 heteroatoms. The molecule has 32 heavy (non-hydrogen) atoms. The van der Waals surface area contributed by atoms with Crippen LogP contribution in [0.15, 0.2) is 27.6 Å². The van der Waals surface area contributed by atoms with Crippen LogP contribution in [0.25, 0.3) is 0 Å². The summed E-state index contributed by atoms with van der Waals surface area (Å²) >= 11 is 0. The van der Waals surface area contributed by atoms with Crippen LogP contribution in [-0.2, 0) is 15.6 Å². The summed E-state index contributed by atoms with van der Waals surface area (Å²) in [6.07, 6.45) is 8.33. The zero-order chi connectivity index (χ0) is 22.8. The number of carbonyl (C=O) groups excluding carboxylic acids is 1. The van der Waals surface area contributed by atoms with Crippen LogP contribution in [0.4, 0.5) is 0 Å². The van der Waals surface area contributed by atoms with Gasteiger partial charge in [0.05, 0.1) is 4.90 Å². The predicted octanol–water partition coefficient (Wildman–Crippen LogP) is 3.84. The molecule has 2 aromatic rings. The van der Waals surface area contributed by atoms with Crippen molar-refractivity contribution in [1.82, 2.24) is 19.8 Å². The standard InChI is InChI=1S/C23H32N4O4S/c1-17-10-11-19(16-20(17)32(29,30)27-14-8-5-9-15-27)21(28)25-23(12-6-3-4-7-13-23)22-24-18(2)31-26-22/h10-11,16H,3-9,12-15H2,1-2H3,(H,25,28). The highest BCUT2D eigenvalue weighted by atomic mass is 32.2. The van der Waals surface area contributed by atoms with Crippen molar-refractivity contribution in [3.63, 3.8) is 0 Å². The quantitative estimate of drug-likeness (QED) is 0.680. The Labute approximate surface area is 189 Å². The maximum absolute atomic E-state index is 13.4. The Morgan fingerprint density at radius 3 is 2.31 bits per heavy atom. The number of sulfonamides is 1. The Kier molecular flexibility index (Phi) is 6.67. The van der Waals surface area contributed by atoms with Gasteiger partial charge in [-0.2, -0.15) is 9.29 Å². The monoisotopic (exact) mass is 460 g/mol. The molecule has 1 saturated heterocycles. The molecule has 1 aromatic carbocycles. The van der Waals surface area contributed by atoms with Crippen molar-refractivity contribution < 1.29 is 17.7 Å². The molecule has 8 nitrogen and oxygen atoms in total. The third-order valence-electron chi connectivity index (χ3n) is 6.65. The van der Waals surface area contributed by atoms with Crippen LogP contribution in [0.5, 0.6) is 0 Å². The number of nitrogens with one attached hydrogen (secondary N) is 1. The fourth-order valence-corrected chi connectivity index (χ4v) is 6.55. The van der Waals surface area contributed by atoms with Gasteiger partial charge in [0.2, 0.25) is 15.9 Å². The van der Waals surface area contributed by atoms with Gasteiger partial charge < -0.3 is 9.84 Å². The number of carbonyl (C=O) groups is 1. The molecule has 1 saturated carbocycles. The van der Waals surface area contributed by atoms with Gasteiger partial charge in [-0.15, -0.1) is 0 Å². The van der Waals surface area contributed by atoms with Crippen LogP contribution < -0.4 is 5.32 Å². The van der Waals surface area contributed by atoms with Crippen LogP contribution in [-0.4, -0.2) is 41.9 Å². The van der Waals surface area contributed by atoms with Crippen LogP contribution >= 0.6 is 0 Å². The van der Waals surface area contributed by atoms with Crippen LogP contribution in [0.1, 0.15) is 85.4 Å². The van der Waals surface area contributed by atoms with Crippen molar-refractivity contribution in [3.05, 3.63) is 41.0 Å². The first-order valence-electron chi connectivity index (χ1n) is 11.6. The number of piperidine rings is 1. The average molecular weight is 461 g/mol. The van der Waals surface area contributed by atoms with Gasteiger partial charge in [0.15, 0.2) is 5.82 Å². The Hall–Kier alpha value is -2.26. The first-order chi connectivity index (χ1) is 15.3. The van der Waals surface area contributed by atoms with Gasteiger partial charge in [-0.25, -0.2) is 8.42 Å². The van der Waals surface area contributed by atoms with Crippen molar-refractivity contribution in [2.45, 2.75) is 82.1 Å². The van der Waals surface area contributed by atoms with Gasteiger partial charge in [-0.1, -0.05) is 43.3 Å². The first-order valence-corrected chi connectivity index (χ1v) is 13.0. The predicted molar refractivity (Wildman–Crippen MR) is 120 cm³/mol. The average Bonchev–Trinajstić information content (AvgIpc) is 3.09. The fourth-order valence-electron chi connectivity index (χ4n) is 4.78. The number of rotatable bonds is 5. The molecule has 0 radical (unpaired) electrons. The summed E-state index contributed by atoms with van der Waals surface area (Å²) in [7, 11) is -3.64. The lowest BCUT2D eigenvalue weighted by atomic mass is 9.88. The van der Waals surface area contributed by atoms with Gasteiger partial charge in [0.1, 0.15) is 5.54 Å². The lowest BCUT2D eigenvalue weighted by Gasteiger charge is -2.31. The molecular weight excluding hydrogens is 428 g/mol. The highest BCUT2D eigenvalue weighted by Gasteiger charge is 2.39. The zero-order valence-corrected chi connectivity index (χ0v) is 19.7. The lowest BCUT2D eigenvalue weighted by molar-refractivity contribution is 0.0876. The first kappa shape index (κ1) is 22.9. The third kappa shape index (κ3) is 4.59.